The van der Waals surface area contributed by atoms with Crippen LogP contribution in [0.1, 0.15) is 0 Å². The number of rotatable bonds is 0. The van der Waals surface area contributed by atoms with Crippen LogP contribution in [0, 0.1) is 41.7 Å². The number of hydrogen-bond acceptors (Lipinski definition) is 0. The minimum Gasteiger partial charge on any atom is -1.00 e. The summed E-state index contributed by atoms with van der Waals surface area (Å²) in [5, 5.41) is 0. The molecule has 7 heavy (non-hydrogen) atoms. The molecule has 0 rings (SSSR count). The fourth-order valence-corrected chi connectivity index (χ4v) is 0. The standard InChI is InChI=1S/Ce.5ClH.Mg/h;5*1H;/q+3;;;;;;+2/p-5. The molecule has 1 radical (unpaired) electrons. The normalized spacial score (nSPS) is 0. The molecule has 0 aliphatic heterocycles. The van der Waals surface area contributed by atoms with Gasteiger partial charge < -0.3 is 62.0 Å². The number of hydrogen-bond donors (Lipinski definition) is 0. The topological polar surface area (TPSA) is 0 Å². The van der Waals surface area contributed by atoms with E-state index in [0.717, 1.165) is 0 Å². The second-order valence-electron chi connectivity index (χ2n) is 0. The van der Waals surface area contributed by atoms with Gasteiger partial charge in [-0.2, -0.15) is 0 Å². The van der Waals surface area contributed by atoms with Gasteiger partial charge >= 0.3 is 64.8 Å². The molecule has 0 aromatic rings. The zero-order chi connectivity index (χ0) is 0. The van der Waals surface area contributed by atoms with Gasteiger partial charge in [-0.25, -0.2) is 0 Å². The van der Waals surface area contributed by atoms with Crippen LogP contribution in [-0.2, 0) is 0 Å². The van der Waals surface area contributed by atoms with Crippen molar-refractivity contribution >= 4 is 23.1 Å². The Labute approximate surface area is 124 Å². The van der Waals surface area contributed by atoms with Crippen molar-refractivity contribution in [1.82, 2.24) is 0 Å². The molecular formula is CeCl5Mg. The first-order valence-electron chi connectivity index (χ1n) is 0. The van der Waals surface area contributed by atoms with Gasteiger partial charge in [0, 0.05) is 0 Å². The second-order valence-corrected chi connectivity index (χ2v) is 0. The van der Waals surface area contributed by atoms with Crippen LogP contribution in [-0.4, -0.2) is 23.1 Å². The average molecular weight is 342 g/mol. The van der Waals surface area contributed by atoms with Crippen molar-refractivity contribution in [1.29, 1.82) is 0 Å². The summed E-state index contributed by atoms with van der Waals surface area (Å²) in [4.78, 5) is 0. The van der Waals surface area contributed by atoms with Gasteiger partial charge in [-0.05, 0) is 0 Å². The minimum atomic E-state index is 0. The first-order valence-corrected chi connectivity index (χ1v) is 0. The quantitative estimate of drug-likeness (QED) is 0.384. The Morgan fingerprint density at radius 1 is 0.429 bits per heavy atom. The van der Waals surface area contributed by atoms with E-state index in [1.807, 2.05) is 0 Å². The molecule has 0 spiro atoms. The molecule has 0 bridgehead atoms. The van der Waals surface area contributed by atoms with Crippen LogP contribution in [0.3, 0.4) is 0 Å². The summed E-state index contributed by atoms with van der Waals surface area (Å²) in [7, 11) is 0. The first kappa shape index (κ1) is 75.5. The predicted octanol–water partition coefficient (Wildman–Crippen LogP) is -15.4. The van der Waals surface area contributed by atoms with E-state index in [1.165, 1.54) is 0 Å². The predicted molar refractivity (Wildman–Crippen MR) is 5.75 cm³/mol. The van der Waals surface area contributed by atoms with E-state index in [-0.39, 0.29) is 127 Å². The van der Waals surface area contributed by atoms with Gasteiger partial charge in [0.2, 0.25) is 0 Å². The van der Waals surface area contributed by atoms with Crippen molar-refractivity contribution in [2.24, 2.45) is 0 Å². The zero-order valence-electron chi connectivity index (χ0n) is 3.10. The van der Waals surface area contributed by atoms with Crippen molar-refractivity contribution in [3.8, 4) is 0 Å². The van der Waals surface area contributed by atoms with Gasteiger partial charge in [0.25, 0.3) is 0 Å². The average Bonchev–Trinajstić information content (AvgIpc) is 0. The molecule has 0 saturated heterocycles. The molecular weight excluding hydrogens is 342 g/mol. The van der Waals surface area contributed by atoms with Crippen LogP contribution in [0.15, 0.2) is 0 Å². The molecule has 0 aliphatic carbocycles. The summed E-state index contributed by atoms with van der Waals surface area (Å²) in [6.07, 6.45) is 0. The third-order valence-electron chi connectivity index (χ3n) is 0. The van der Waals surface area contributed by atoms with Gasteiger partial charge in [-0.3, -0.25) is 0 Å². The van der Waals surface area contributed by atoms with Gasteiger partial charge in [0.1, 0.15) is 0 Å². The van der Waals surface area contributed by atoms with Crippen LogP contribution in [0.4, 0.5) is 0 Å². The summed E-state index contributed by atoms with van der Waals surface area (Å²) in [5.41, 5.74) is 0. The van der Waals surface area contributed by atoms with Crippen molar-refractivity contribution in [2.45, 2.75) is 0 Å². The Hall–Kier alpha value is 3.59. The Balaban J connectivity index is 0. The Kier molecular flexibility index (Phi) is 592. The van der Waals surface area contributed by atoms with Crippen molar-refractivity contribution in [3.63, 3.8) is 0 Å². The summed E-state index contributed by atoms with van der Waals surface area (Å²) >= 11 is 0. The van der Waals surface area contributed by atoms with Crippen LogP contribution in [0.2, 0.25) is 0 Å². The summed E-state index contributed by atoms with van der Waals surface area (Å²) < 4.78 is 0. The van der Waals surface area contributed by atoms with E-state index < -0.39 is 0 Å². The van der Waals surface area contributed by atoms with E-state index in [9.17, 15) is 0 Å². The fraction of sp³-hybridized carbons (Fsp3) is 0. The van der Waals surface area contributed by atoms with E-state index in [2.05, 4.69) is 0 Å². The molecule has 0 saturated carbocycles. The van der Waals surface area contributed by atoms with Gasteiger partial charge in [0.15, 0.2) is 0 Å². The maximum absolute atomic E-state index is 0. The summed E-state index contributed by atoms with van der Waals surface area (Å²) in [6, 6.07) is 0. The number of halogens is 5. The Morgan fingerprint density at radius 3 is 0.429 bits per heavy atom. The van der Waals surface area contributed by atoms with E-state index in [4.69, 9.17) is 0 Å². The molecule has 0 amide bonds. The SMILES string of the molecule is [Ce+3].[Cl-].[Cl-].[Cl-].[Cl-].[Cl-].[Mg+2]. The van der Waals surface area contributed by atoms with Crippen molar-refractivity contribution in [2.75, 3.05) is 0 Å². The monoisotopic (exact) mass is 339 g/mol. The van der Waals surface area contributed by atoms with Crippen molar-refractivity contribution in [3.05, 3.63) is 0 Å². The van der Waals surface area contributed by atoms with E-state index >= 15 is 0 Å². The molecule has 0 atom stereocenters. The van der Waals surface area contributed by atoms with E-state index in [0.29, 0.717) is 0 Å². The third-order valence-corrected chi connectivity index (χ3v) is 0. The Bertz CT molecular complexity index is 8.04. The molecule has 0 fully saturated rings. The zero-order valence-corrected chi connectivity index (χ0v) is 11.4. The van der Waals surface area contributed by atoms with Crippen LogP contribution < -0.4 is 62.0 Å². The van der Waals surface area contributed by atoms with Gasteiger partial charge in [0.05, 0.1) is 0 Å². The van der Waals surface area contributed by atoms with Gasteiger partial charge in [-0.15, -0.1) is 0 Å². The van der Waals surface area contributed by atoms with E-state index in [1.54, 1.807) is 0 Å². The Morgan fingerprint density at radius 2 is 0.429 bits per heavy atom. The molecule has 0 nitrogen and oxygen atoms in total. The smallest absolute Gasteiger partial charge is 1.00 e. The minimum absolute atomic E-state index is 0. The van der Waals surface area contributed by atoms with Crippen LogP contribution in [0.25, 0.3) is 0 Å². The molecule has 41 valence electrons. The molecule has 0 unspecified atom stereocenters. The van der Waals surface area contributed by atoms with Crippen LogP contribution in [0.5, 0.6) is 0 Å². The third kappa shape index (κ3) is 42.8. The molecule has 0 N–H and O–H groups in total. The maximum atomic E-state index is 0. The molecule has 0 aromatic heterocycles. The van der Waals surface area contributed by atoms with Crippen LogP contribution >= 0.6 is 0 Å². The van der Waals surface area contributed by atoms with Gasteiger partial charge in [-0.1, -0.05) is 0 Å². The summed E-state index contributed by atoms with van der Waals surface area (Å²) in [6.45, 7) is 0. The fourth-order valence-electron chi connectivity index (χ4n) is 0. The largest absolute Gasteiger partial charge is 3.00 e. The van der Waals surface area contributed by atoms with Crippen molar-refractivity contribution < 1.29 is 104 Å². The summed E-state index contributed by atoms with van der Waals surface area (Å²) in [5.74, 6) is 0. The maximum Gasteiger partial charge on any atom is 3.00 e. The first-order chi connectivity index (χ1) is 0. The second kappa shape index (κ2) is 54.9. The molecule has 0 heterocycles. The molecule has 0 aromatic carbocycles. The molecule has 7 heteroatoms. The molecule has 0 aliphatic rings.